The van der Waals surface area contributed by atoms with Crippen molar-refractivity contribution in [1.29, 1.82) is 0 Å². The van der Waals surface area contributed by atoms with Gasteiger partial charge in [0.05, 0.1) is 0 Å². The van der Waals surface area contributed by atoms with Crippen LogP contribution in [-0.4, -0.2) is 18.4 Å². The summed E-state index contributed by atoms with van der Waals surface area (Å²) >= 11 is 0. The predicted molar refractivity (Wildman–Crippen MR) is 66.0 cm³/mol. The monoisotopic (exact) mass is 266 g/mol. The Morgan fingerprint density at radius 1 is 1.33 bits per heavy atom. The Bertz CT molecular complexity index is 724. The maximum Gasteiger partial charge on any atom is 0.241 e. The molecule has 0 saturated carbocycles. The number of nitrogens with one attached hydrogen (secondary N) is 2. The second kappa shape index (κ2) is 4.59. The van der Waals surface area contributed by atoms with Gasteiger partial charge in [0.2, 0.25) is 10.0 Å². The van der Waals surface area contributed by atoms with Gasteiger partial charge in [0, 0.05) is 24.5 Å². The Balaban J connectivity index is 2.44. The fraction of sp³-hybridized carbons (Fsp3) is 0. The van der Waals surface area contributed by atoms with Gasteiger partial charge in [-0.1, -0.05) is 0 Å². The molecule has 2 aromatic heterocycles. The van der Waals surface area contributed by atoms with E-state index in [-0.39, 0.29) is 16.1 Å². The van der Waals surface area contributed by atoms with Crippen molar-refractivity contribution in [2.24, 2.45) is 5.14 Å². The first-order valence-electron chi connectivity index (χ1n) is 4.90. The van der Waals surface area contributed by atoms with E-state index in [1.807, 2.05) is 0 Å². The number of nitrogens with zero attached hydrogens (tertiary/aromatic N) is 1. The highest BCUT2D eigenvalue weighted by Crippen LogP contribution is 2.19. The van der Waals surface area contributed by atoms with Crippen LogP contribution in [0.3, 0.4) is 0 Å². The molecule has 0 saturated heterocycles. The highest BCUT2D eigenvalue weighted by Gasteiger charge is 2.14. The van der Waals surface area contributed by atoms with Crippen molar-refractivity contribution < 1.29 is 8.42 Å². The van der Waals surface area contributed by atoms with Crippen LogP contribution in [0.2, 0.25) is 0 Å². The van der Waals surface area contributed by atoms with Crippen LogP contribution in [0, 0.1) is 0 Å². The van der Waals surface area contributed by atoms with Crippen LogP contribution in [0.1, 0.15) is 0 Å². The molecule has 7 nitrogen and oxygen atoms in total. The molecule has 0 aliphatic carbocycles. The normalized spacial score (nSPS) is 11.2. The fourth-order valence-electron chi connectivity index (χ4n) is 1.36. The Labute approximate surface area is 103 Å². The van der Waals surface area contributed by atoms with Crippen molar-refractivity contribution in [2.45, 2.75) is 4.90 Å². The van der Waals surface area contributed by atoms with Gasteiger partial charge in [-0.15, -0.1) is 0 Å². The molecule has 0 spiro atoms. The first-order chi connectivity index (χ1) is 8.47. The third kappa shape index (κ3) is 2.73. The Morgan fingerprint density at radius 3 is 2.78 bits per heavy atom. The van der Waals surface area contributed by atoms with Crippen LogP contribution >= 0.6 is 0 Å². The standard InChI is InChI=1S/C10H10N4O3S/c11-18(16,17)8-2-1-4-13-10(8)14-9-6-7(15)3-5-12-9/h1-6H,(H2,11,16,17)(H2,12,13,14,15). The second-order valence-corrected chi connectivity index (χ2v) is 4.99. The first kappa shape index (κ1) is 12.3. The Hall–Kier alpha value is -2.19. The number of rotatable bonds is 3. The minimum atomic E-state index is -3.88. The quantitative estimate of drug-likeness (QED) is 0.731. The van der Waals surface area contributed by atoms with Gasteiger partial charge in [0.15, 0.2) is 11.2 Å². The van der Waals surface area contributed by atoms with Gasteiger partial charge in [-0.25, -0.2) is 18.5 Å². The summed E-state index contributed by atoms with van der Waals surface area (Å²) in [5.74, 6) is 0.382. The molecule has 0 aromatic carbocycles. The minimum absolute atomic E-state index is 0.0573. The molecule has 0 aliphatic heterocycles. The number of pyridine rings is 2. The second-order valence-electron chi connectivity index (χ2n) is 3.46. The summed E-state index contributed by atoms with van der Waals surface area (Å²) in [6.07, 6.45) is 2.85. The lowest BCUT2D eigenvalue weighted by Gasteiger charge is -2.08. The van der Waals surface area contributed by atoms with Crippen molar-refractivity contribution in [3.05, 3.63) is 46.9 Å². The molecule has 4 N–H and O–H groups in total. The molecule has 2 aromatic rings. The van der Waals surface area contributed by atoms with Gasteiger partial charge in [-0.3, -0.25) is 4.79 Å². The average molecular weight is 266 g/mol. The number of nitrogens with two attached hydrogens (primary N) is 1. The number of hydrogen-bond acceptors (Lipinski definition) is 5. The van der Waals surface area contributed by atoms with Gasteiger partial charge in [0.25, 0.3) is 0 Å². The highest BCUT2D eigenvalue weighted by molar-refractivity contribution is 7.89. The zero-order chi connectivity index (χ0) is 13.2. The molecule has 18 heavy (non-hydrogen) atoms. The number of primary sulfonamides is 1. The number of hydrogen-bond donors (Lipinski definition) is 3. The summed E-state index contributed by atoms with van der Waals surface area (Å²) in [5.41, 5.74) is -0.218. The molecule has 8 heteroatoms. The average Bonchev–Trinajstić information content (AvgIpc) is 2.28. The van der Waals surface area contributed by atoms with E-state index in [9.17, 15) is 13.2 Å². The highest BCUT2D eigenvalue weighted by atomic mass is 32.2. The summed E-state index contributed by atoms with van der Waals surface area (Å²) in [6, 6.07) is 5.40. The zero-order valence-electron chi connectivity index (χ0n) is 9.12. The van der Waals surface area contributed by atoms with E-state index in [4.69, 9.17) is 5.14 Å². The number of aromatic amines is 1. The third-order valence-corrected chi connectivity index (χ3v) is 3.05. The molecule has 0 atom stereocenters. The van der Waals surface area contributed by atoms with E-state index in [0.717, 1.165) is 0 Å². The molecule has 2 heterocycles. The van der Waals surface area contributed by atoms with Crippen LogP contribution < -0.4 is 15.9 Å². The molecule has 94 valence electrons. The maximum absolute atomic E-state index is 11.3. The summed E-state index contributed by atoms with van der Waals surface area (Å²) in [4.78, 5) is 17.6. The molecule has 0 aliphatic rings. The summed E-state index contributed by atoms with van der Waals surface area (Å²) < 4.78 is 22.7. The van der Waals surface area contributed by atoms with Crippen molar-refractivity contribution in [3.63, 3.8) is 0 Å². The zero-order valence-corrected chi connectivity index (χ0v) is 9.94. The topological polar surface area (TPSA) is 118 Å². The van der Waals surface area contributed by atoms with Crippen LogP contribution in [0.4, 0.5) is 11.6 Å². The predicted octanol–water partition coefficient (Wildman–Crippen LogP) is 0.161. The van der Waals surface area contributed by atoms with Gasteiger partial charge in [-0.2, -0.15) is 0 Å². The largest absolute Gasteiger partial charge is 0.348 e. The fourth-order valence-corrected chi connectivity index (χ4v) is 2.00. The van der Waals surface area contributed by atoms with Crippen molar-refractivity contribution in [2.75, 3.05) is 5.32 Å². The molecular formula is C10H10N4O3S. The lowest BCUT2D eigenvalue weighted by Crippen LogP contribution is -2.15. The molecule has 0 bridgehead atoms. The SMILES string of the molecule is NS(=O)(=O)c1cccnc1Nc1cc(=O)cc[nH]1. The lowest BCUT2D eigenvalue weighted by atomic mass is 10.4. The first-order valence-corrected chi connectivity index (χ1v) is 6.45. The minimum Gasteiger partial charge on any atom is -0.348 e. The number of aromatic nitrogens is 2. The van der Waals surface area contributed by atoms with Crippen molar-refractivity contribution in [1.82, 2.24) is 9.97 Å². The van der Waals surface area contributed by atoms with E-state index in [0.29, 0.717) is 5.82 Å². The smallest absolute Gasteiger partial charge is 0.241 e. The van der Waals surface area contributed by atoms with Gasteiger partial charge in [0.1, 0.15) is 10.7 Å². The van der Waals surface area contributed by atoms with E-state index < -0.39 is 10.0 Å². The van der Waals surface area contributed by atoms with Crippen LogP contribution in [-0.2, 0) is 10.0 Å². The van der Waals surface area contributed by atoms with E-state index in [1.165, 1.54) is 36.7 Å². The number of anilines is 2. The van der Waals surface area contributed by atoms with Crippen LogP contribution in [0.15, 0.2) is 46.3 Å². The van der Waals surface area contributed by atoms with Gasteiger partial charge >= 0.3 is 0 Å². The molecule has 0 fully saturated rings. The van der Waals surface area contributed by atoms with Gasteiger partial charge in [-0.05, 0) is 12.1 Å². The molecule has 0 unspecified atom stereocenters. The molecule has 0 amide bonds. The number of H-pyrrole nitrogens is 1. The lowest BCUT2D eigenvalue weighted by molar-refractivity contribution is 0.598. The van der Waals surface area contributed by atoms with Crippen molar-refractivity contribution >= 4 is 21.7 Å². The van der Waals surface area contributed by atoms with Crippen LogP contribution in [0.25, 0.3) is 0 Å². The number of sulfonamides is 1. The summed E-state index contributed by atoms with van der Waals surface area (Å²) in [7, 11) is -3.88. The maximum atomic E-state index is 11.3. The van der Waals surface area contributed by atoms with E-state index in [1.54, 1.807) is 0 Å². The molecular weight excluding hydrogens is 256 g/mol. The Morgan fingerprint density at radius 2 is 2.11 bits per heavy atom. The van der Waals surface area contributed by atoms with Crippen LogP contribution in [0.5, 0.6) is 0 Å². The molecule has 0 radical (unpaired) electrons. The molecule has 2 rings (SSSR count). The summed E-state index contributed by atoms with van der Waals surface area (Å²) in [6.45, 7) is 0. The van der Waals surface area contributed by atoms with E-state index in [2.05, 4.69) is 15.3 Å². The Kier molecular flexibility index (Phi) is 3.13. The summed E-state index contributed by atoms with van der Waals surface area (Å²) in [5, 5.41) is 7.76. The van der Waals surface area contributed by atoms with Crippen molar-refractivity contribution in [3.8, 4) is 0 Å². The van der Waals surface area contributed by atoms with Gasteiger partial charge < -0.3 is 10.3 Å². The third-order valence-electron chi connectivity index (χ3n) is 2.10. The van der Waals surface area contributed by atoms with E-state index >= 15 is 0 Å².